The molecule has 1 heterocycles. The van der Waals surface area contributed by atoms with Gasteiger partial charge in [0.05, 0.1) is 5.56 Å². The van der Waals surface area contributed by atoms with Crippen LogP contribution in [0.3, 0.4) is 0 Å². The summed E-state index contributed by atoms with van der Waals surface area (Å²) >= 11 is 3.19. The SMILES string of the molecule is O=C(NCC1CCNC1)c1ccc(F)cc1Br. The Morgan fingerprint density at radius 3 is 3.06 bits per heavy atom. The summed E-state index contributed by atoms with van der Waals surface area (Å²) in [6, 6.07) is 4.07. The number of benzene rings is 1. The lowest BCUT2D eigenvalue weighted by molar-refractivity contribution is 0.0947. The molecule has 17 heavy (non-hydrogen) atoms. The molecule has 1 aliphatic heterocycles. The fourth-order valence-electron chi connectivity index (χ4n) is 1.89. The first-order valence-electron chi connectivity index (χ1n) is 5.61. The second-order valence-corrected chi connectivity index (χ2v) is 5.05. The number of carbonyl (C=O) groups is 1. The Morgan fingerprint density at radius 1 is 1.59 bits per heavy atom. The molecule has 2 rings (SSSR count). The lowest BCUT2D eigenvalue weighted by Gasteiger charge is -2.10. The summed E-state index contributed by atoms with van der Waals surface area (Å²) in [6.45, 7) is 2.63. The van der Waals surface area contributed by atoms with Gasteiger partial charge in [-0.3, -0.25) is 4.79 Å². The highest BCUT2D eigenvalue weighted by molar-refractivity contribution is 9.10. The summed E-state index contributed by atoms with van der Waals surface area (Å²) in [5.74, 6) is -0.0182. The van der Waals surface area contributed by atoms with Gasteiger partial charge in [0.1, 0.15) is 5.82 Å². The number of hydrogen-bond acceptors (Lipinski definition) is 2. The van der Waals surface area contributed by atoms with Gasteiger partial charge in [-0.1, -0.05) is 0 Å². The molecule has 1 atom stereocenters. The number of rotatable bonds is 3. The van der Waals surface area contributed by atoms with E-state index in [1.807, 2.05) is 0 Å². The number of hydrogen-bond donors (Lipinski definition) is 2. The maximum Gasteiger partial charge on any atom is 0.252 e. The zero-order valence-electron chi connectivity index (χ0n) is 9.30. The summed E-state index contributed by atoms with van der Waals surface area (Å²) in [4.78, 5) is 11.8. The Morgan fingerprint density at radius 2 is 2.41 bits per heavy atom. The van der Waals surface area contributed by atoms with Crippen LogP contribution in [0.15, 0.2) is 22.7 Å². The Balaban J connectivity index is 1.94. The van der Waals surface area contributed by atoms with Crippen LogP contribution in [0.5, 0.6) is 0 Å². The van der Waals surface area contributed by atoms with Crippen molar-refractivity contribution in [3.8, 4) is 0 Å². The number of halogens is 2. The standard InChI is InChI=1S/C12H14BrFN2O/c13-11-5-9(14)1-2-10(11)12(17)16-7-8-3-4-15-6-8/h1-2,5,8,15H,3-4,6-7H2,(H,16,17). The molecule has 1 saturated heterocycles. The largest absolute Gasteiger partial charge is 0.352 e. The van der Waals surface area contributed by atoms with Crippen molar-refractivity contribution in [3.05, 3.63) is 34.1 Å². The molecule has 0 bridgehead atoms. The molecule has 1 fully saturated rings. The predicted molar refractivity (Wildman–Crippen MR) is 67.4 cm³/mol. The van der Waals surface area contributed by atoms with Crippen LogP contribution in [-0.4, -0.2) is 25.5 Å². The van der Waals surface area contributed by atoms with E-state index in [1.54, 1.807) is 0 Å². The molecule has 1 aromatic carbocycles. The highest BCUT2D eigenvalue weighted by Gasteiger charge is 2.16. The first-order valence-corrected chi connectivity index (χ1v) is 6.40. The Bertz CT molecular complexity index is 419. The summed E-state index contributed by atoms with van der Waals surface area (Å²) in [6.07, 6.45) is 1.09. The number of nitrogens with one attached hydrogen (secondary N) is 2. The molecule has 92 valence electrons. The van der Waals surface area contributed by atoms with Gasteiger partial charge >= 0.3 is 0 Å². The highest BCUT2D eigenvalue weighted by atomic mass is 79.9. The maximum absolute atomic E-state index is 12.9. The fraction of sp³-hybridized carbons (Fsp3) is 0.417. The van der Waals surface area contributed by atoms with Gasteiger partial charge in [-0.2, -0.15) is 0 Å². The molecule has 3 nitrogen and oxygen atoms in total. The van der Waals surface area contributed by atoms with Crippen LogP contribution in [0, 0.1) is 11.7 Å². The van der Waals surface area contributed by atoms with Crippen LogP contribution in [0.2, 0.25) is 0 Å². The molecule has 1 aliphatic rings. The molecular weight excluding hydrogens is 287 g/mol. The van der Waals surface area contributed by atoms with Gasteiger partial charge in [0, 0.05) is 11.0 Å². The van der Waals surface area contributed by atoms with Crippen molar-refractivity contribution in [2.45, 2.75) is 6.42 Å². The average Bonchev–Trinajstić information content (AvgIpc) is 2.78. The van der Waals surface area contributed by atoms with Crippen molar-refractivity contribution < 1.29 is 9.18 Å². The lowest BCUT2D eigenvalue weighted by Crippen LogP contribution is -2.30. The van der Waals surface area contributed by atoms with E-state index in [2.05, 4.69) is 26.6 Å². The average molecular weight is 301 g/mol. The third kappa shape index (κ3) is 3.26. The second kappa shape index (κ2) is 5.60. The summed E-state index contributed by atoms with van der Waals surface area (Å²) < 4.78 is 13.4. The van der Waals surface area contributed by atoms with Crippen LogP contribution in [0.25, 0.3) is 0 Å². The van der Waals surface area contributed by atoms with Crippen molar-refractivity contribution >= 4 is 21.8 Å². The molecule has 1 unspecified atom stereocenters. The number of carbonyl (C=O) groups excluding carboxylic acids is 1. The normalized spacial score (nSPS) is 19.3. The smallest absolute Gasteiger partial charge is 0.252 e. The van der Waals surface area contributed by atoms with E-state index in [9.17, 15) is 9.18 Å². The molecule has 0 aliphatic carbocycles. The molecule has 0 saturated carbocycles. The lowest BCUT2D eigenvalue weighted by atomic mass is 10.1. The Kier molecular flexibility index (Phi) is 4.12. The Hall–Kier alpha value is -0.940. The van der Waals surface area contributed by atoms with E-state index in [0.29, 0.717) is 22.5 Å². The Labute approximate surface area is 108 Å². The van der Waals surface area contributed by atoms with Gasteiger partial charge in [0.25, 0.3) is 5.91 Å². The highest BCUT2D eigenvalue weighted by Crippen LogP contribution is 2.18. The van der Waals surface area contributed by atoms with E-state index in [0.717, 1.165) is 19.5 Å². The van der Waals surface area contributed by atoms with Crippen molar-refractivity contribution in [2.24, 2.45) is 5.92 Å². The second-order valence-electron chi connectivity index (χ2n) is 4.19. The molecule has 1 amide bonds. The van der Waals surface area contributed by atoms with Gasteiger partial charge < -0.3 is 10.6 Å². The molecular formula is C12H14BrFN2O. The number of amides is 1. The minimum absolute atomic E-state index is 0.163. The van der Waals surface area contributed by atoms with Gasteiger partial charge in [-0.25, -0.2) is 4.39 Å². The van der Waals surface area contributed by atoms with Crippen molar-refractivity contribution in [2.75, 3.05) is 19.6 Å². The summed E-state index contributed by atoms with van der Waals surface area (Å²) in [7, 11) is 0. The molecule has 2 N–H and O–H groups in total. The minimum atomic E-state index is -0.353. The van der Waals surface area contributed by atoms with Crippen LogP contribution < -0.4 is 10.6 Å². The molecule has 0 aromatic heterocycles. The molecule has 5 heteroatoms. The van der Waals surface area contributed by atoms with Crippen molar-refractivity contribution in [1.29, 1.82) is 0 Å². The van der Waals surface area contributed by atoms with Gasteiger partial charge in [-0.05, 0) is 59.6 Å². The summed E-state index contributed by atoms with van der Waals surface area (Å²) in [5.41, 5.74) is 0.470. The van der Waals surface area contributed by atoms with Crippen LogP contribution >= 0.6 is 15.9 Å². The quantitative estimate of drug-likeness (QED) is 0.895. The zero-order chi connectivity index (χ0) is 12.3. The molecule has 1 aromatic rings. The van der Waals surface area contributed by atoms with E-state index in [-0.39, 0.29) is 11.7 Å². The topological polar surface area (TPSA) is 41.1 Å². The third-order valence-electron chi connectivity index (χ3n) is 2.89. The van der Waals surface area contributed by atoms with E-state index >= 15 is 0 Å². The van der Waals surface area contributed by atoms with Crippen LogP contribution in [-0.2, 0) is 0 Å². The first kappa shape index (κ1) is 12.5. The first-order chi connectivity index (χ1) is 8.16. The summed E-state index contributed by atoms with van der Waals surface area (Å²) in [5, 5.41) is 6.11. The fourth-order valence-corrected chi connectivity index (χ4v) is 2.43. The monoisotopic (exact) mass is 300 g/mol. The zero-order valence-corrected chi connectivity index (χ0v) is 10.9. The van der Waals surface area contributed by atoms with E-state index in [4.69, 9.17) is 0 Å². The van der Waals surface area contributed by atoms with Gasteiger partial charge in [0.15, 0.2) is 0 Å². The molecule has 0 spiro atoms. The van der Waals surface area contributed by atoms with E-state index in [1.165, 1.54) is 18.2 Å². The van der Waals surface area contributed by atoms with Crippen LogP contribution in [0.1, 0.15) is 16.8 Å². The van der Waals surface area contributed by atoms with E-state index < -0.39 is 0 Å². The van der Waals surface area contributed by atoms with Crippen molar-refractivity contribution in [1.82, 2.24) is 10.6 Å². The van der Waals surface area contributed by atoms with Crippen LogP contribution in [0.4, 0.5) is 4.39 Å². The predicted octanol–water partition coefficient (Wildman–Crippen LogP) is 1.93. The van der Waals surface area contributed by atoms with Gasteiger partial charge in [-0.15, -0.1) is 0 Å². The maximum atomic E-state index is 12.9. The van der Waals surface area contributed by atoms with Crippen molar-refractivity contribution in [3.63, 3.8) is 0 Å². The third-order valence-corrected chi connectivity index (χ3v) is 3.55. The minimum Gasteiger partial charge on any atom is -0.352 e. The van der Waals surface area contributed by atoms with Gasteiger partial charge in [0.2, 0.25) is 0 Å². The molecule has 0 radical (unpaired) electrons.